The van der Waals surface area contributed by atoms with Crippen molar-refractivity contribution < 1.29 is 13.2 Å². The van der Waals surface area contributed by atoms with Gasteiger partial charge in [0.05, 0.1) is 24.6 Å². The molecule has 1 aliphatic rings. The highest BCUT2D eigenvalue weighted by Crippen LogP contribution is 2.26. The molecule has 2 aromatic rings. The molecule has 1 heterocycles. The Morgan fingerprint density at radius 2 is 1.94 bits per heavy atom. The van der Waals surface area contributed by atoms with Gasteiger partial charge in [-0.1, -0.05) is 35.9 Å². The maximum atomic E-state index is 11.4. The van der Waals surface area contributed by atoms with Crippen molar-refractivity contribution in [2.45, 2.75) is 38.3 Å². The van der Waals surface area contributed by atoms with E-state index in [1.165, 1.54) is 28.8 Å². The Balaban J connectivity index is 0.00000341. The third-order valence-corrected chi connectivity index (χ3v) is 6.07. The molecule has 1 atom stereocenters. The van der Waals surface area contributed by atoms with Gasteiger partial charge in [0.15, 0.2) is 5.96 Å². The molecule has 1 saturated heterocycles. The van der Waals surface area contributed by atoms with E-state index in [9.17, 15) is 8.42 Å². The molecule has 1 aliphatic heterocycles. The van der Waals surface area contributed by atoms with Crippen molar-refractivity contribution in [2.75, 3.05) is 26.2 Å². The molecule has 7 nitrogen and oxygen atoms in total. The Bertz CT molecular complexity index is 1010. The van der Waals surface area contributed by atoms with Gasteiger partial charge < -0.3 is 15.0 Å². The molecule has 170 valence electrons. The lowest BCUT2D eigenvalue weighted by molar-refractivity contribution is -0.00834. The zero-order chi connectivity index (χ0) is 21.7. The SMILES string of the molecule is CCNC(=NCc1ccc(S(N)(=O)=O)cc1)N1CCOC(c2ccc(C)cc2C)C1.I. The number of morpholine rings is 1. The summed E-state index contributed by atoms with van der Waals surface area (Å²) in [5, 5.41) is 8.52. The third-order valence-electron chi connectivity index (χ3n) is 5.14. The molecule has 3 N–H and O–H groups in total. The first-order chi connectivity index (χ1) is 14.3. The second-order valence-corrected chi connectivity index (χ2v) is 9.09. The molecule has 0 amide bonds. The normalized spacial score (nSPS) is 17.2. The second-order valence-electron chi connectivity index (χ2n) is 7.52. The topological polar surface area (TPSA) is 97.0 Å². The molecule has 3 rings (SSSR count). The van der Waals surface area contributed by atoms with E-state index >= 15 is 0 Å². The molecular weight excluding hydrogens is 527 g/mol. The fraction of sp³-hybridized carbons (Fsp3) is 0.409. The molecule has 1 fully saturated rings. The van der Waals surface area contributed by atoms with Crippen LogP contribution in [-0.2, 0) is 21.3 Å². The van der Waals surface area contributed by atoms with Gasteiger partial charge in [0.1, 0.15) is 6.10 Å². The summed E-state index contributed by atoms with van der Waals surface area (Å²) in [6.07, 6.45) is -0.00255. The fourth-order valence-corrected chi connectivity index (χ4v) is 4.11. The monoisotopic (exact) mass is 558 g/mol. The summed E-state index contributed by atoms with van der Waals surface area (Å²) in [6.45, 7) is 9.57. The number of nitrogens with two attached hydrogens (primary N) is 1. The number of nitrogens with zero attached hydrogens (tertiary/aromatic N) is 2. The van der Waals surface area contributed by atoms with Crippen LogP contribution in [0.25, 0.3) is 0 Å². The van der Waals surface area contributed by atoms with Crippen molar-refractivity contribution in [2.24, 2.45) is 10.1 Å². The number of hydrogen-bond donors (Lipinski definition) is 2. The molecule has 9 heteroatoms. The van der Waals surface area contributed by atoms with Gasteiger partial charge in [-0.15, -0.1) is 24.0 Å². The summed E-state index contributed by atoms with van der Waals surface area (Å²) < 4.78 is 28.9. The number of sulfonamides is 1. The van der Waals surface area contributed by atoms with Gasteiger partial charge in [-0.25, -0.2) is 18.5 Å². The minimum absolute atomic E-state index is 0. The first-order valence-electron chi connectivity index (χ1n) is 10.1. The highest BCUT2D eigenvalue weighted by Gasteiger charge is 2.25. The fourth-order valence-electron chi connectivity index (χ4n) is 3.59. The third kappa shape index (κ3) is 6.90. The average Bonchev–Trinajstić information content (AvgIpc) is 2.71. The van der Waals surface area contributed by atoms with Gasteiger partial charge in [-0.3, -0.25) is 0 Å². The minimum atomic E-state index is -3.69. The van der Waals surface area contributed by atoms with E-state index in [2.05, 4.69) is 42.3 Å². The summed E-state index contributed by atoms with van der Waals surface area (Å²) in [5.74, 6) is 0.825. The molecular formula is C22H31IN4O3S. The average molecular weight is 558 g/mol. The van der Waals surface area contributed by atoms with E-state index in [4.69, 9.17) is 14.9 Å². The predicted molar refractivity (Wildman–Crippen MR) is 134 cm³/mol. The minimum Gasteiger partial charge on any atom is -0.370 e. The van der Waals surface area contributed by atoms with Crippen LogP contribution < -0.4 is 10.5 Å². The zero-order valence-corrected chi connectivity index (χ0v) is 21.3. The van der Waals surface area contributed by atoms with Crippen LogP contribution in [0.3, 0.4) is 0 Å². The van der Waals surface area contributed by atoms with Crippen molar-refractivity contribution in [3.63, 3.8) is 0 Å². The molecule has 2 aromatic carbocycles. The summed E-state index contributed by atoms with van der Waals surface area (Å²) >= 11 is 0. The lowest BCUT2D eigenvalue weighted by Gasteiger charge is -2.36. The molecule has 0 aliphatic carbocycles. The Kier molecular flexibility index (Phi) is 9.28. The van der Waals surface area contributed by atoms with Crippen LogP contribution in [0.4, 0.5) is 0 Å². The van der Waals surface area contributed by atoms with Crippen molar-refractivity contribution >= 4 is 40.0 Å². The summed E-state index contributed by atoms with van der Waals surface area (Å²) in [6, 6.07) is 13.0. The molecule has 31 heavy (non-hydrogen) atoms. The summed E-state index contributed by atoms with van der Waals surface area (Å²) in [7, 11) is -3.69. The first-order valence-corrected chi connectivity index (χ1v) is 11.7. The van der Waals surface area contributed by atoms with Crippen LogP contribution in [-0.4, -0.2) is 45.5 Å². The van der Waals surface area contributed by atoms with Gasteiger partial charge in [0, 0.05) is 13.1 Å². The van der Waals surface area contributed by atoms with Gasteiger partial charge >= 0.3 is 0 Å². The molecule has 0 spiro atoms. The number of rotatable bonds is 5. The van der Waals surface area contributed by atoms with Crippen LogP contribution in [0.2, 0.25) is 0 Å². The number of guanidine groups is 1. The Labute approximate surface area is 202 Å². The molecule has 0 radical (unpaired) electrons. The van der Waals surface area contributed by atoms with E-state index in [1.54, 1.807) is 12.1 Å². The number of benzene rings is 2. The highest BCUT2D eigenvalue weighted by molar-refractivity contribution is 14.0. The number of aryl methyl sites for hydroxylation is 2. The van der Waals surface area contributed by atoms with E-state index in [0.29, 0.717) is 13.2 Å². The van der Waals surface area contributed by atoms with Crippen LogP contribution in [0.1, 0.15) is 35.3 Å². The maximum absolute atomic E-state index is 11.4. The first kappa shape index (κ1) is 25.6. The molecule has 0 aromatic heterocycles. The molecule has 0 bridgehead atoms. The van der Waals surface area contributed by atoms with E-state index in [0.717, 1.165) is 31.2 Å². The van der Waals surface area contributed by atoms with E-state index in [-0.39, 0.29) is 35.0 Å². The van der Waals surface area contributed by atoms with Gasteiger partial charge in [0.25, 0.3) is 0 Å². The van der Waals surface area contributed by atoms with Crippen LogP contribution in [0, 0.1) is 13.8 Å². The molecule has 0 saturated carbocycles. The predicted octanol–water partition coefficient (Wildman–Crippen LogP) is 3.11. The number of halogens is 1. The lowest BCUT2D eigenvalue weighted by Crippen LogP contribution is -2.48. The van der Waals surface area contributed by atoms with E-state index < -0.39 is 10.0 Å². The lowest BCUT2D eigenvalue weighted by atomic mass is 10.00. The number of primary sulfonamides is 1. The number of aliphatic imine (C=N–C) groups is 1. The number of ether oxygens (including phenoxy) is 1. The zero-order valence-electron chi connectivity index (χ0n) is 18.2. The highest BCUT2D eigenvalue weighted by atomic mass is 127. The molecule has 1 unspecified atom stereocenters. The number of hydrogen-bond acceptors (Lipinski definition) is 4. The Morgan fingerprint density at radius 1 is 1.23 bits per heavy atom. The van der Waals surface area contributed by atoms with Gasteiger partial charge in [-0.2, -0.15) is 0 Å². The Hall–Kier alpha value is -1.69. The van der Waals surface area contributed by atoms with Crippen LogP contribution in [0.5, 0.6) is 0 Å². The Morgan fingerprint density at radius 3 is 2.55 bits per heavy atom. The van der Waals surface area contributed by atoms with Crippen LogP contribution >= 0.6 is 24.0 Å². The standard InChI is InChI=1S/C22H30N4O3S.HI/c1-4-24-22(25-14-18-6-8-19(9-7-18)30(23,27)28)26-11-12-29-21(15-26)20-10-5-16(2)13-17(20)3;/h5-10,13,21H,4,11-12,14-15H2,1-3H3,(H,24,25)(H2,23,27,28);1H. The quantitative estimate of drug-likeness (QED) is 0.334. The van der Waals surface area contributed by atoms with Crippen molar-refractivity contribution in [3.05, 3.63) is 64.7 Å². The summed E-state index contributed by atoms with van der Waals surface area (Å²) in [4.78, 5) is 7.08. The summed E-state index contributed by atoms with van der Waals surface area (Å²) in [5.41, 5.74) is 4.60. The smallest absolute Gasteiger partial charge is 0.238 e. The van der Waals surface area contributed by atoms with Crippen molar-refractivity contribution in [3.8, 4) is 0 Å². The maximum Gasteiger partial charge on any atom is 0.238 e. The van der Waals surface area contributed by atoms with Crippen LogP contribution in [0.15, 0.2) is 52.4 Å². The van der Waals surface area contributed by atoms with Crippen molar-refractivity contribution in [1.82, 2.24) is 10.2 Å². The van der Waals surface area contributed by atoms with Gasteiger partial charge in [-0.05, 0) is 49.6 Å². The second kappa shape index (κ2) is 11.3. The van der Waals surface area contributed by atoms with Crippen molar-refractivity contribution in [1.29, 1.82) is 0 Å². The largest absolute Gasteiger partial charge is 0.370 e. The van der Waals surface area contributed by atoms with E-state index in [1.807, 2.05) is 6.92 Å². The number of nitrogens with one attached hydrogen (secondary N) is 1. The van der Waals surface area contributed by atoms with Gasteiger partial charge in [0.2, 0.25) is 10.0 Å².